The highest BCUT2D eigenvalue weighted by Crippen LogP contribution is 2.29. The summed E-state index contributed by atoms with van der Waals surface area (Å²) in [5, 5.41) is 3.70. The number of aryl methyl sites for hydroxylation is 2. The van der Waals surface area contributed by atoms with Crippen molar-refractivity contribution >= 4 is 28.3 Å². The topological polar surface area (TPSA) is 62.3 Å². The number of anilines is 1. The fourth-order valence-corrected chi connectivity index (χ4v) is 5.21. The number of fused-ring (bicyclic) bond motifs is 1. The Morgan fingerprint density at radius 1 is 1.07 bits per heavy atom. The third kappa shape index (κ3) is 4.43. The van der Waals surface area contributed by atoms with Crippen LogP contribution >= 0.6 is 11.3 Å². The second kappa shape index (κ2) is 8.86. The van der Waals surface area contributed by atoms with E-state index in [0.29, 0.717) is 18.1 Å². The monoisotopic (exact) mass is 397 g/mol. The summed E-state index contributed by atoms with van der Waals surface area (Å²) < 4.78 is 0. The number of hydrogen-bond acceptors (Lipinski definition) is 4. The summed E-state index contributed by atoms with van der Waals surface area (Å²) in [5.41, 5.74) is 2.14. The first-order valence-electron chi connectivity index (χ1n) is 10.3. The highest BCUT2D eigenvalue weighted by Gasteiger charge is 2.34. The Balaban J connectivity index is 1.41. The van der Waals surface area contributed by atoms with Crippen LogP contribution in [-0.4, -0.2) is 34.3 Å². The van der Waals surface area contributed by atoms with Crippen molar-refractivity contribution in [1.82, 2.24) is 9.88 Å². The third-order valence-electron chi connectivity index (χ3n) is 5.65. The molecule has 5 nitrogen and oxygen atoms in total. The Morgan fingerprint density at radius 2 is 1.86 bits per heavy atom. The Bertz CT molecular complexity index is 808. The van der Waals surface area contributed by atoms with Gasteiger partial charge in [-0.2, -0.15) is 0 Å². The Morgan fingerprint density at radius 3 is 2.68 bits per heavy atom. The van der Waals surface area contributed by atoms with E-state index in [1.54, 1.807) is 16.2 Å². The van der Waals surface area contributed by atoms with E-state index in [4.69, 9.17) is 0 Å². The zero-order valence-electron chi connectivity index (χ0n) is 16.2. The number of amides is 2. The lowest BCUT2D eigenvalue weighted by molar-refractivity contribution is -0.136. The fraction of sp³-hybridized carbons (Fsp3) is 0.500. The first-order chi connectivity index (χ1) is 13.7. The maximum atomic E-state index is 12.9. The van der Waals surface area contributed by atoms with Gasteiger partial charge in [-0.1, -0.05) is 43.2 Å². The Kier molecular flexibility index (Phi) is 6.05. The molecule has 28 heavy (non-hydrogen) atoms. The van der Waals surface area contributed by atoms with Crippen LogP contribution in [0.3, 0.4) is 0 Å². The molecule has 1 aromatic carbocycles. The molecule has 4 rings (SSSR count). The molecule has 1 N–H and O–H groups in total. The summed E-state index contributed by atoms with van der Waals surface area (Å²) in [6.07, 6.45) is 8.92. The minimum absolute atomic E-state index is 0.0234. The summed E-state index contributed by atoms with van der Waals surface area (Å²) in [6.45, 7) is 0.651. The maximum Gasteiger partial charge on any atom is 0.248 e. The normalized spacial score (nSPS) is 19.6. The molecule has 0 bridgehead atoms. The zero-order valence-corrected chi connectivity index (χ0v) is 17.0. The smallest absolute Gasteiger partial charge is 0.248 e. The standard InChI is InChI=1S/C22H27N3O2S/c26-20(15-16-9-4-3-5-10-16)25-14-8-12-18(25)21(27)24-22-23-17-11-6-1-2-7-13-19(17)28-22/h3-5,9-10,18H,1-2,6-8,11-15H2,(H,23,24,27). The van der Waals surface area contributed by atoms with E-state index in [1.807, 2.05) is 30.3 Å². The predicted molar refractivity (Wildman–Crippen MR) is 112 cm³/mol. The minimum atomic E-state index is -0.386. The molecule has 1 unspecified atom stereocenters. The Hall–Kier alpha value is -2.21. The number of thiazole rings is 1. The van der Waals surface area contributed by atoms with Crippen molar-refractivity contribution in [3.05, 3.63) is 46.5 Å². The summed E-state index contributed by atoms with van der Waals surface area (Å²) in [5.74, 6) is -0.0732. The number of carbonyl (C=O) groups is 2. The van der Waals surface area contributed by atoms with Crippen LogP contribution in [0.25, 0.3) is 0 Å². The zero-order chi connectivity index (χ0) is 19.3. The van der Waals surface area contributed by atoms with Gasteiger partial charge >= 0.3 is 0 Å². The summed E-state index contributed by atoms with van der Waals surface area (Å²) in [7, 11) is 0. The fourth-order valence-electron chi connectivity index (χ4n) is 4.16. The number of nitrogens with zero attached hydrogens (tertiary/aromatic N) is 2. The van der Waals surface area contributed by atoms with Gasteiger partial charge in [-0.05, 0) is 44.1 Å². The third-order valence-corrected chi connectivity index (χ3v) is 6.72. The second-order valence-corrected chi connectivity index (χ2v) is 8.78. The number of hydrogen-bond donors (Lipinski definition) is 1. The molecule has 1 aliphatic carbocycles. The van der Waals surface area contributed by atoms with E-state index in [2.05, 4.69) is 10.3 Å². The highest BCUT2D eigenvalue weighted by molar-refractivity contribution is 7.15. The van der Waals surface area contributed by atoms with Gasteiger partial charge in [0.05, 0.1) is 12.1 Å². The van der Waals surface area contributed by atoms with Crippen molar-refractivity contribution in [2.75, 3.05) is 11.9 Å². The average molecular weight is 398 g/mol. The summed E-state index contributed by atoms with van der Waals surface area (Å²) in [6, 6.07) is 9.33. The number of aromatic nitrogens is 1. The van der Waals surface area contributed by atoms with Crippen molar-refractivity contribution in [3.8, 4) is 0 Å². The number of benzene rings is 1. The van der Waals surface area contributed by atoms with E-state index in [9.17, 15) is 9.59 Å². The van der Waals surface area contributed by atoms with E-state index in [1.165, 1.54) is 30.6 Å². The van der Waals surface area contributed by atoms with E-state index in [-0.39, 0.29) is 17.9 Å². The Labute approximate surface area is 170 Å². The molecule has 6 heteroatoms. The van der Waals surface area contributed by atoms with Crippen LogP contribution in [-0.2, 0) is 28.9 Å². The highest BCUT2D eigenvalue weighted by atomic mass is 32.1. The lowest BCUT2D eigenvalue weighted by Gasteiger charge is -2.23. The van der Waals surface area contributed by atoms with E-state index in [0.717, 1.165) is 36.9 Å². The van der Waals surface area contributed by atoms with Crippen LogP contribution in [0.15, 0.2) is 30.3 Å². The van der Waals surface area contributed by atoms with Crippen LogP contribution in [0.1, 0.15) is 54.7 Å². The van der Waals surface area contributed by atoms with Gasteiger partial charge in [-0.25, -0.2) is 4.98 Å². The maximum absolute atomic E-state index is 12.9. The van der Waals surface area contributed by atoms with Gasteiger partial charge in [-0.15, -0.1) is 11.3 Å². The molecule has 2 amide bonds. The molecule has 1 saturated heterocycles. The molecular formula is C22H27N3O2S. The molecule has 2 aromatic rings. The van der Waals surface area contributed by atoms with Crippen LogP contribution in [0.5, 0.6) is 0 Å². The van der Waals surface area contributed by atoms with Gasteiger partial charge in [0, 0.05) is 11.4 Å². The van der Waals surface area contributed by atoms with Crippen molar-refractivity contribution in [2.24, 2.45) is 0 Å². The van der Waals surface area contributed by atoms with Crippen LogP contribution < -0.4 is 5.32 Å². The molecular weight excluding hydrogens is 370 g/mol. The molecule has 1 fully saturated rings. The second-order valence-electron chi connectivity index (χ2n) is 7.70. The lowest BCUT2D eigenvalue weighted by Crippen LogP contribution is -2.43. The number of nitrogens with one attached hydrogen (secondary N) is 1. The van der Waals surface area contributed by atoms with Crippen LogP contribution in [0.4, 0.5) is 5.13 Å². The SMILES string of the molecule is O=C(Nc1nc2c(s1)CCCCCC2)C1CCCN1C(=O)Cc1ccccc1. The van der Waals surface area contributed by atoms with Gasteiger partial charge in [0.1, 0.15) is 6.04 Å². The minimum Gasteiger partial charge on any atom is -0.330 e. The predicted octanol–water partition coefficient (Wildman–Crippen LogP) is 3.97. The van der Waals surface area contributed by atoms with Gasteiger partial charge in [-0.3, -0.25) is 9.59 Å². The van der Waals surface area contributed by atoms with Gasteiger partial charge in [0.2, 0.25) is 11.8 Å². The van der Waals surface area contributed by atoms with Crippen molar-refractivity contribution in [3.63, 3.8) is 0 Å². The first kappa shape index (κ1) is 19.1. The molecule has 2 aliphatic rings. The largest absolute Gasteiger partial charge is 0.330 e. The number of rotatable bonds is 4. The molecule has 0 radical (unpaired) electrons. The van der Waals surface area contributed by atoms with E-state index >= 15 is 0 Å². The molecule has 1 aliphatic heterocycles. The van der Waals surface area contributed by atoms with Crippen molar-refractivity contribution in [2.45, 2.75) is 63.8 Å². The van der Waals surface area contributed by atoms with Crippen LogP contribution in [0, 0.1) is 0 Å². The van der Waals surface area contributed by atoms with E-state index < -0.39 is 0 Å². The van der Waals surface area contributed by atoms with Gasteiger partial charge < -0.3 is 10.2 Å². The quantitative estimate of drug-likeness (QED) is 0.849. The summed E-state index contributed by atoms with van der Waals surface area (Å²) in [4.78, 5) is 33.4. The molecule has 148 valence electrons. The van der Waals surface area contributed by atoms with Crippen LogP contribution in [0.2, 0.25) is 0 Å². The molecule has 2 heterocycles. The molecule has 0 spiro atoms. The lowest BCUT2D eigenvalue weighted by atomic mass is 10.0. The van der Waals surface area contributed by atoms with Crippen molar-refractivity contribution < 1.29 is 9.59 Å². The first-order valence-corrected chi connectivity index (χ1v) is 11.2. The van der Waals surface area contributed by atoms with Crippen molar-refractivity contribution in [1.29, 1.82) is 0 Å². The number of carbonyl (C=O) groups excluding carboxylic acids is 2. The number of likely N-dealkylation sites (tertiary alicyclic amines) is 1. The molecule has 0 saturated carbocycles. The van der Waals surface area contributed by atoms with Gasteiger partial charge in [0.25, 0.3) is 0 Å². The molecule has 1 aromatic heterocycles. The molecule has 1 atom stereocenters. The summed E-state index contributed by atoms with van der Waals surface area (Å²) >= 11 is 1.61. The average Bonchev–Trinajstić information content (AvgIpc) is 3.30. The van der Waals surface area contributed by atoms with Gasteiger partial charge in [0.15, 0.2) is 5.13 Å².